The zero-order valence-electron chi connectivity index (χ0n) is 10.7. The Hall–Kier alpha value is -1.65. The summed E-state index contributed by atoms with van der Waals surface area (Å²) in [4.78, 5) is 20.8. The molecule has 1 atom stereocenters. The van der Waals surface area contributed by atoms with Gasteiger partial charge in [-0.2, -0.15) is 0 Å². The number of aromatic nitrogens is 2. The molecule has 1 N–H and O–H groups in total. The monoisotopic (exact) mass is 237 g/mol. The Bertz CT molecular complexity index is 393. The molecule has 0 aliphatic rings. The Balaban J connectivity index is 2.84. The summed E-state index contributed by atoms with van der Waals surface area (Å²) >= 11 is 0. The van der Waals surface area contributed by atoms with Crippen molar-refractivity contribution in [2.45, 2.75) is 33.2 Å². The molecule has 0 fully saturated rings. The fourth-order valence-corrected chi connectivity index (χ4v) is 1.67. The molecule has 1 aromatic rings. The van der Waals surface area contributed by atoms with E-state index in [4.69, 9.17) is 5.11 Å². The van der Waals surface area contributed by atoms with Crippen molar-refractivity contribution in [3.8, 4) is 0 Å². The summed E-state index contributed by atoms with van der Waals surface area (Å²) in [5.74, 6) is 0.00622. The summed E-state index contributed by atoms with van der Waals surface area (Å²) in [6, 6.07) is 1.67. The van der Waals surface area contributed by atoms with Gasteiger partial charge < -0.3 is 10.0 Å². The van der Waals surface area contributed by atoms with E-state index in [9.17, 15) is 4.79 Å². The van der Waals surface area contributed by atoms with Crippen molar-refractivity contribution in [2.75, 3.05) is 11.9 Å². The van der Waals surface area contributed by atoms with Crippen LogP contribution in [-0.4, -0.2) is 34.1 Å². The summed E-state index contributed by atoms with van der Waals surface area (Å²) in [5.41, 5.74) is 0.0265. The molecule has 0 amide bonds. The third-order valence-corrected chi connectivity index (χ3v) is 2.65. The standard InChI is InChI=1S/C12H19N3O2/c1-8(2)7-9(3)15(4)12-13-6-5-10(14-12)11(16)17/h5-6,8-9H,7H2,1-4H3,(H,16,17). The predicted molar refractivity (Wildman–Crippen MR) is 66.3 cm³/mol. The molecule has 0 saturated heterocycles. The number of carbonyl (C=O) groups is 1. The summed E-state index contributed by atoms with van der Waals surface area (Å²) in [6.07, 6.45) is 2.49. The van der Waals surface area contributed by atoms with Gasteiger partial charge in [-0.3, -0.25) is 0 Å². The molecule has 0 aliphatic carbocycles. The summed E-state index contributed by atoms with van der Waals surface area (Å²) in [7, 11) is 1.88. The van der Waals surface area contributed by atoms with Crippen molar-refractivity contribution in [3.63, 3.8) is 0 Å². The Morgan fingerprint density at radius 2 is 2.12 bits per heavy atom. The average Bonchev–Trinajstić information content (AvgIpc) is 2.27. The van der Waals surface area contributed by atoms with Crippen LogP contribution in [0.25, 0.3) is 0 Å². The number of carboxylic acids is 1. The molecule has 94 valence electrons. The molecular weight excluding hydrogens is 218 g/mol. The summed E-state index contributed by atoms with van der Waals surface area (Å²) in [6.45, 7) is 6.38. The predicted octanol–water partition coefficient (Wildman–Crippen LogP) is 2.05. The van der Waals surface area contributed by atoms with Gasteiger partial charge in [0.25, 0.3) is 0 Å². The Labute approximate surface area is 102 Å². The number of aromatic carboxylic acids is 1. The normalized spacial score (nSPS) is 12.5. The van der Waals surface area contributed by atoms with Gasteiger partial charge in [-0.05, 0) is 25.3 Å². The molecule has 17 heavy (non-hydrogen) atoms. The van der Waals surface area contributed by atoms with Gasteiger partial charge in [0, 0.05) is 19.3 Å². The van der Waals surface area contributed by atoms with Gasteiger partial charge in [0.15, 0.2) is 5.69 Å². The van der Waals surface area contributed by atoms with Crippen LogP contribution in [0.1, 0.15) is 37.7 Å². The van der Waals surface area contributed by atoms with Crippen LogP contribution >= 0.6 is 0 Å². The van der Waals surface area contributed by atoms with Gasteiger partial charge >= 0.3 is 5.97 Å². The van der Waals surface area contributed by atoms with E-state index < -0.39 is 5.97 Å². The first-order valence-corrected chi connectivity index (χ1v) is 5.71. The van der Waals surface area contributed by atoms with E-state index in [1.807, 2.05) is 11.9 Å². The molecule has 0 spiro atoms. The molecule has 0 bridgehead atoms. The highest BCUT2D eigenvalue weighted by molar-refractivity contribution is 5.85. The van der Waals surface area contributed by atoms with Crippen LogP contribution in [0.2, 0.25) is 0 Å². The highest BCUT2D eigenvalue weighted by Gasteiger charge is 2.15. The molecule has 5 nitrogen and oxygen atoms in total. The van der Waals surface area contributed by atoms with E-state index in [2.05, 4.69) is 30.7 Å². The third-order valence-electron chi connectivity index (χ3n) is 2.65. The van der Waals surface area contributed by atoms with Crippen molar-refractivity contribution < 1.29 is 9.90 Å². The lowest BCUT2D eigenvalue weighted by molar-refractivity contribution is 0.0690. The molecule has 5 heteroatoms. The topological polar surface area (TPSA) is 66.3 Å². The fraction of sp³-hybridized carbons (Fsp3) is 0.583. The molecular formula is C12H19N3O2. The van der Waals surface area contributed by atoms with E-state index >= 15 is 0 Å². The number of nitrogens with zero attached hydrogens (tertiary/aromatic N) is 3. The Kier molecular flexibility index (Phi) is 4.43. The molecule has 0 saturated carbocycles. The lowest BCUT2D eigenvalue weighted by Gasteiger charge is -2.26. The number of rotatable bonds is 5. The molecule has 0 aromatic carbocycles. The minimum atomic E-state index is -1.03. The fourth-order valence-electron chi connectivity index (χ4n) is 1.67. The SMILES string of the molecule is CC(C)CC(C)N(C)c1nccc(C(=O)O)n1. The van der Waals surface area contributed by atoms with Gasteiger partial charge in [0.2, 0.25) is 5.95 Å². The highest BCUT2D eigenvalue weighted by atomic mass is 16.4. The van der Waals surface area contributed by atoms with Crippen molar-refractivity contribution in [2.24, 2.45) is 5.92 Å². The largest absolute Gasteiger partial charge is 0.477 e. The second kappa shape index (κ2) is 5.61. The van der Waals surface area contributed by atoms with Crippen LogP contribution < -0.4 is 4.90 Å². The van der Waals surface area contributed by atoms with Gasteiger partial charge in [-0.25, -0.2) is 14.8 Å². The highest BCUT2D eigenvalue weighted by Crippen LogP contribution is 2.15. The van der Waals surface area contributed by atoms with Crippen molar-refractivity contribution in [3.05, 3.63) is 18.0 Å². The van der Waals surface area contributed by atoms with E-state index in [0.717, 1.165) is 6.42 Å². The molecule has 0 aliphatic heterocycles. The summed E-state index contributed by atoms with van der Waals surface area (Å²) in [5, 5.41) is 8.87. The van der Waals surface area contributed by atoms with Gasteiger partial charge in [0.1, 0.15) is 0 Å². The van der Waals surface area contributed by atoms with Crippen LogP contribution in [0.4, 0.5) is 5.95 Å². The number of carboxylic acid groups (broad SMARTS) is 1. The molecule has 1 unspecified atom stereocenters. The van der Waals surface area contributed by atoms with Crippen LogP contribution in [0, 0.1) is 5.92 Å². The zero-order chi connectivity index (χ0) is 13.0. The first-order valence-electron chi connectivity index (χ1n) is 5.71. The van der Waals surface area contributed by atoms with Crippen molar-refractivity contribution in [1.29, 1.82) is 0 Å². The third kappa shape index (κ3) is 3.69. The van der Waals surface area contributed by atoms with Gasteiger partial charge in [0.05, 0.1) is 0 Å². The van der Waals surface area contributed by atoms with Gasteiger partial charge in [-0.15, -0.1) is 0 Å². The lowest BCUT2D eigenvalue weighted by atomic mass is 10.0. The first-order chi connectivity index (χ1) is 7.91. The number of hydrogen-bond acceptors (Lipinski definition) is 4. The van der Waals surface area contributed by atoms with Crippen LogP contribution in [0.5, 0.6) is 0 Å². The molecule has 1 rings (SSSR count). The first kappa shape index (κ1) is 13.4. The summed E-state index contributed by atoms with van der Waals surface area (Å²) < 4.78 is 0. The minimum Gasteiger partial charge on any atom is -0.477 e. The smallest absolute Gasteiger partial charge is 0.354 e. The van der Waals surface area contributed by atoms with Crippen LogP contribution in [0.3, 0.4) is 0 Å². The second-order valence-electron chi connectivity index (χ2n) is 4.64. The van der Waals surface area contributed by atoms with Crippen molar-refractivity contribution in [1.82, 2.24) is 9.97 Å². The maximum atomic E-state index is 10.8. The van der Waals surface area contributed by atoms with Gasteiger partial charge in [-0.1, -0.05) is 13.8 Å². The molecule has 1 aromatic heterocycles. The molecule has 0 radical (unpaired) electrons. The Morgan fingerprint density at radius 1 is 1.47 bits per heavy atom. The average molecular weight is 237 g/mol. The van der Waals surface area contributed by atoms with E-state index in [-0.39, 0.29) is 11.7 Å². The van der Waals surface area contributed by atoms with Crippen molar-refractivity contribution >= 4 is 11.9 Å². The van der Waals surface area contributed by atoms with Crippen LogP contribution in [-0.2, 0) is 0 Å². The lowest BCUT2D eigenvalue weighted by Crippen LogP contribution is -2.31. The van der Waals surface area contributed by atoms with E-state index in [1.165, 1.54) is 12.3 Å². The maximum absolute atomic E-state index is 10.8. The zero-order valence-corrected chi connectivity index (χ0v) is 10.7. The van der Waals surface area contributed by atoms with E-state index in [1.54, 1.807) is 0 Å². The van der Waals surface area contributed by atoms with Crippen LogP contribution in [0.15, 0.2) is 12.3 Å². The number of anilines is 1. The van der Waals surface area contributed by atoms with E-state index in [0.29, 0.717) is 11.9 Å². The maximum Gasteiger partial charge on any atom is 0.354 e. The second-order valence-corrected chi connectivity index (χ2v) is 4.64. The molecule has 1 heterocycles. The number of hydrogen-bond donors (Lipinski definition) is 1. The Morgan fingerprint density at radius 3 is 2.65 bits per heavy atom. The quantitative estimate of drug-likeness (QED) is 0.849. The minimum absolute atomic E-state index is 0.0265.